The second-order valence-electron chi connectivity index (χ2n) is 5.18. The molecule has 0 aliphatic heterocycles. The first-order valence-corrected chi connectivity index (χ1v) is 7.10. The zero-order valence-corrected chi connectivity index (χ0v) is 12.4. The highest BCUT2D eigenvalue weighted by atomic mass is 19.1. The number of carbonyl (C=O) groups excluding carboxylic acids is 1. The molecular formula is C16H20FNO3. The van der Waals surface area contributed by atoms with E-state index in [4.69, 9.17) is 9.52 Å². The molecule has 114 valence electrons. The number of aliphatic hydroxyl groups is 1. The molecule has 0 saturated carbocycles. The Bertz CT molecular complexity index is 636. The maximum Gasteiger partial charge on any atom is 0.289 e. The average Bonchev–Trinajstić information content (AvgIpc) is 2.81. The Kier molecular flexibility index (Phi) is 4.96. The molecule has 0 unspecified atom stereocenters. The van der Waals surface area contributed by atoms with Gasteiger partial charge in [0.25, 0.3) is 5.91 Å². The van der Waals surface area contributed by atoms with Crippen molar-refractivity contribution in [1.29, 1.82) is 0 Å². The van der Waals surface area contributed by atoms with Crippen LogP contribution in [0.15, 0.2) is 22.6 Å². The average molecular weight is 293 g/mol. The molecule has 0 atom stereocenters. The standard InChI is InChI=1S/C16H20FNO3/c1-11-12-7-6-8-13(17)15(12)21-14(11)16(20)18(2)9-4-3-5-10-19/h6-8,19H,3-5,9-10H2,1-2H3. The van der Waals surface area contributed by atoms with E-state index in [-0.39, 0.29) is 23.9 Å². The number of hydrogen-bond donors (Lipinski definition) is 1. The third kappa shape index (κ3) is 3.24. The van der Waals surface area contributed by atoms with Crippen molar-refractivity contribution < 1.29 is 18.7 Å². The minimum atomic E-state index is -0.458. The van der Waals surface area contributed by atoms with Gasteiger partial charge in [-0.3, -0.25) is 4.79 Å². The fourth-order valence-corrected chi connectivity index (χ4v) is 2.33. The Labute approximate surface area is 123 Å². The number of rotatable bonds is 6. The summed E-state index contributed by atoms with van der Waals surface area (Å²) < 4.78 is 19.1. The van der Waals surface area contributed by atoms with Crippen molar-refractivity contribution in [3.05, 3.63) is 35.3 Å². The van der Waals surface area contributed by atoms with Gasteiger partial charge in [0.15, 0.2) is 17.2 Å². The number of unbranched alkanes of at least 4 members (excludes halogenated alkanes) is 2. The van der Waals surface area contributed by atoms with E-state index in [9.17, 15) is 9.18 Å². The highest BCUT2D eigenvalue weighted by molar-refractivity contribution is 5.98. The zero-order valence-electron chi connectivity index (χ0n) is 12.4. The molecule has 0 saturated heterocycles. The van der Waals surface area contributed by atoms with E-state index >= 15 is 0 Å². The number of furan rings is 1. The quantitative estimate of drug-likeness (QED) is 0.833. The summed E-state index contributed by atoms with van der Waals surface area (Å²) >= 11 is 0. The molecule has 0 spiro atoms. The van der Waals surface area contributed by atoms with Crippen molar-refractivity contribution >= 4 is 16.9 Å². The molecule has 5 heteroatoms. The number of aliphatic hydroxyl groups excluding tert-OH is 1. The lowest BCUT2D eigenvalue weighted by molar-refractivity contribution is 0.0762. The van der Waals surface area contributed by atoms with Crippen molar-refractivity contribution in [2.75, 3.05) is 20.2 Å². The van der Waals surface area contributed by atoms with Gasteiger partial charge in [0.2, 0.25) is 0 Å². The molecule has 1 amide bonds. The predicted octanol–water partition coefficient (Wildman–Crippen LogP) is 3.11. The molecular weight excluding hydrogens is 273 g/mol. The molecule has 2 rings (SSSR count). The lowest BCUT2D eigenvalue weighted by atomic mass is 10.1. The molecule has 1 aromatic carbocycles. The van der Waals surface area contributed by atoms with Gasteiger partial charge in [-0.25, -0.2) is 4.39 Å². The lowest BCUT2D eigenvalue weighted by Gasteiger charge is -2.15. The van der Waals surface area contributed by atoms with Crippen molar-refractivity contribution in [3.63, 3.8) is 0 Å². The summed E-state index contributed by atoms with van der Waals surface area (Å²) in [6, 6.07) is 4.67. The van der Waals surface area contributed by atoms with Crippen LogP contribution in [-0.4, -0.2) is 36.1 Å². The Morgan fingerprint density at radius 1 is 1.33 bits per heavy atom. The highest BCUT2D eigenvalue weighted by Crippen LogP contribution is 2.27. The lowest BCUT2D eigenvalue weighted by Crippen LogP contribution is -2.27. The van der Waals surface area contributed by atoms with Gasteiger partial charge >= 0.3 is 0 Å². The van der Waals surface area contributed by atoms with Crippen LogP contribution in [-0.2, 0) is 0 Å². The van der Waals surface area contributed by atoms with Gasteiger partial charge in [-0.15, -0.1) is 0 Å². The van der Waals surface area contributed by atoms with E-state index in [1.165, 1.54) is 6.07 Å². The van der Waals surface area contributed by atoms with E-state index in [1.54, 1.807) is 31.0 Å². The first-order valence-electron chi connectivity index (χ1n) is 7.10. The molecule has 1 aromatic heterocycles. The number of nitrogens with zero attached hydrogens (tertiary/aromatic N) is 1. The van der Waals surface area contributed by atoms with Crippen LogP contribution < -0.4 is 0 Å². The maximum absolute atomic E-state index is 13.7. The molecule has 1 N–H and O–H groups in total. The van der Waals surface area contributed by atoms with Crippen LogP contribution in [0.4, 0.5) is 4.39 Å². The van der Waals surface area contributed by atoms with E-state index in [0.717, 1.165) is 19.3 Å². The second-order valence-corrected chi connectivity index (χ2v) is 5.18. The van der Waals surface area contributed by atoms with Crippen molar-refractivity contribution in [3.8, 4) is 0 Å². The topological polar surface area (TPSA) is 53.7 Å². The van der Waals surface area contributed by atoms with Gasteiger partial charge in [0.05, 0.1) is 0 Å². The Morgan fingerprint density at radius 3 is 2.76 bits per heavy atom. The monoisotopic (exact) mass is 293 g/mol. The molecule has 0 radical (unpaired) electrons. The Morgan fingerprint density at radius 2 is 2.10 bits per heavy atom. The van der Waals surface area contributed by atoms with E-state index in [1.807, 2.05) is 0 Å². The minimum Gasteiger partial charge on any atom is -0.448 e. The van der Waals surface area contributed by atoms with Crippen molar-refractivity contribution in [2.24, 2.45) is 0 Å². The summed E-state index contributed by atoms with van der Waals surface area (Å²) in [5.41, 5.74) is 0.795. The molecule has 0 fully saturated rings. The van der Waals surface area contributed by atoms with Crippen LogP contribution in [0.3, 0.4) is 0 Å². The third-order valence-electron chi connectivity index (χ3n) is 3.61. The number of hydrogen-bond acceptors (Lipinski definition) is 3. The third-order valence-corrected chi connectivity index (χ3v) is 3.61. The van der Waals surface area contributed by atoms with Gasteiger partial charge < -0.3 is 14.4 Å². The van der Waals surface area contributed by atoms with Crippen LogP contribution in [0.5, 0.6) is 0 Å². The number of halogens is 1. The summed E-state index contributed by atoms with van der Waals surface area (Å²) in [7, 11) is 1.70. The molecule has 0 aliphatic carbocycles. The van der Waals surface area contributed by atoms with Gasteiger partial charge in [-0.2, -0.15) is 0 Å². The molecule has 0 aliphatic rings. The van der Waals surface area contributed by atoms with Gasteiger partial charge in [-0.1, -0.05) is 12.1 Å². The normalized spacial score (nSPS) is 11.0. The summed E-state index contributed by atoms with van der Waals surface area (Å²) in [6.07, 6.45) is 2.41. The van der Waals surface area contributed by atoms with Crippen LogP contribution in [0, 0.1) is 12.7 Å². The summed E-state index contributed by atoms with van der Waals surface area (Å²) in [5.74, 6) is -0.507. The van der Waals surface area contributed by atoms with Crippen molar-refractivity contribution in [2.45, 2.75) is 26.2 Å². The fraction of sp³-hybridized carbons (Fsp3) is 0.438. The molecule has 21 heavy (non-hydrogen) atoms. The molecule has 4 nitrogen and oxygen atoms in total. The summed E-state index contributed by atoms with van der Waals surface area (Å²) in [6.45, 7) is 2.51. The van der Waals surface area contributed by atoms with Crippen LogP contribution in [0.1, 0.15) is 35.4 Å². The van der Waals surface area contributed by atoms with Crippen LogP contribution >= 0.6 is 0 Å². The maximum atomic E-state index is 13.7. The molecule has 2 aromatic rings. The zero-order chi connectivity index (χ0) is 15.4. The number of para-hydroxylation sites is 1. The van der Waals surface area contributed by atoms with Crippen LogP contribution in [0.2, 0.25) is 0 Å². The summed E-state index contributed by atoms with van der Waals surface area (Å²) in [4.78, 5) is 13.9. The molecule has 1 heterocycles. The largest absolute Gasteiger partial charge is 0.448 e. The smallest absolute Gasteiger partial charge is 0.289 e. The van der Waals surface area contributed by atoms with E-state index in [0.29, 0.717) is 17.5 Å². The number of aryl methyl sites for hydroxylation is 1. The predicted molar refractivity (Wildman–Crippen MR) is 78.8 cm³/mol. The van der Waals surface area contributed by atoms with Crippen LogP contribution in [0.25, 0.3) is 11.0 Å². The van der Waals surface area contributed by atoms with Gasteiger partial charge in [-0.05, 0) is 32.3 Å². The van der Waals surface area contributed by atoms with E-state index in [2.05, 4.69) is 0 Å². The number of carbonyl (C=O) groups is 1. The first-order chi connectivity index (χ1) is 10.1. The van der Waals surface area contributed by atoms with Gasteiger partial charge in [0, 0.05) is 31.1 Å². The SMILES string of the molecule is Cc1c(C(=O)N(C)CCCCCO)oc2c(F)cccc12. The Balaban J connectivity index is 2.15. The molecule has 0 bridgehead atoms. The second kappa shape index (κ2) is 6.72. The van der Waals surface area contributed by atoms with E-state index < -0.39 is 5.82 Å². The fourth-order valence-electron chi connectivity index (χ4n) is 2.33. The minimum absolute atomic E-state index is 0.132. The number of fused-ring (bicyclic) bond motifs is 1. The number of benzene rings is 1. The van der Waals surface area contributed by atoms with Gasteiger partial charge in [0.1, 0.15) is 0 Å². The highest BCUT2D eigenvalue weighted by Gasteiger charge is 2.22. The van der Waals surface area contributed by atoms with Crippen molar-refractivity contribution in [1.82, 2.24) is 4.90 Å². The number of amides is 1. The first kappa shape index (κ1) is 15.5. The summed E-state index contributed by atoms with van der Waals surface area (Å²) in [5, 5.41) is 9.36. The Hall–Kier alpha value is -1.88.